The van der Waals surface area contributed by atoms with Crippen LogP contribution in [0.5, 0.6) is 0 Å². The molecule has 0 amide bonds. The van der Waals surface area contributed by atoms with Crippen molar-refractivity contribution < 1.29 is 0 Å². The smallest absolute Gasteiger partial charge is 0.103 e. The van der Waals surface area contributed by atoms with Gasteiger partial charge >= 0.3 is 0 Å². The first kappa shape index (κ1) is 19.5. The zero-order chi connectivity index (χ0) is 20.1. The Hall–Kier alpha value is -2.80. The minimum absolute atomic E-state index is 0.651. The van der Waals surface area contributed by atoms with Gasteiger partial charge in [-0.15, -0.1) is 11.6 Å². The molecule has 3 aromatic rings. The predicted octanol–water partition coefficient (Wildman–Crippen LogP) is 7.94. The Kier molecular flexibility index (Phi) is 5.85. The second-order valence-corrected chi connectivity index (χ2v) is 7.81. The van der Waals surface area contributed by atoms with Crippen molar-refractivity contribution >= 4 is 28.8 Å². The van der Waals surface area contributed by atoms with Gasteiger partial charge in [-0.2, -0.15) is 0 Å². The lowest BCUT2D eigenvalue weighted by Gasteiger charge is -2.30. The molecule has 0 heterocycles. The highest BCUT2D eigenvalue weighted by atomic mass is 35.5. The Morgan fingerprint density at radius 3 is 1.97 bits per heavy atom. The van der Waals surface area contributed by atoms with E-state index in [1.165, 1.54) is 0 Å². The van der Waals surface area contributed by atoms with Crippen molar-refractivity contribution in [1.82, 2.24) is 0 Å². The van der Waals surface area contributed by atoms with Crippen LogP contribution >= 0.6 is 23.2 Å². The van der Waals surface area contributed by atoms with Gasteiger partial charge in [-0.3, -0.25) is 0 Å². The molecule has 0 saturated heterocycles. The van der Waals surface area contributed by atoms with Gasteiger partial charge < -0.3 is 0 Å². The molecule has 0 bridgehead atoms. The van der Waals surface area contributed by atoms with Crippen molar-refractivity contribution in [2.75, 3.05) is 0 Å². The van der Waals surface area contributed by atoms with Gasteiger partial charge in [0.05, 0.1) is 0 Å². The van der Waals surface area contributed by atoms with Gasteiger partial charge in [0.25, 0.3) is 0 Å². The normalized spacial score (nSPS) is 20.4. The van der Waals surface area contributed by atoms with Crippen molar-refractivity contribution in [3.63, 3.8) is 0 Å². The third-order valence-corrected chi connectivity index (χ3v) is 6.00. The summed E-state index contributed by atoms with van der Waals surface area (Å²) in [6, 6.07) is 26.3. The molecule has 0 fully saturated rings. The van der Waals surface area contributed by atoms with Gasteiger partial charge in [0.2, 0.25) is 0 Å². The lowest BCUT2D eigenvalue weighted by molar-refractivity contribution is 0.879. The number of allylic oxidation sites excluding steroid dienone is 8. The van der Waals surface area contributed by atoms with Gasteiger partial charge in [0.1, 0.15) is 4.87 Å². The van der Waals surface area contributed by atoms with Crippen LogP contribution in [0.4, 0.5) is 0 Å². The number of benzene rings is 3. The van der Waals surface area contributed by atoms with Crippen LogP contribution in [0.25, 0.3) is 5.57 Å². The third-order valence-electron chi connectivity index (χ3n) is 5.03. The lowest BCUT2D eigenvalue weighted by atomic mass is 9.83. The predicted molar refractivity (Wildman–Crippen MR) is 125 cm³/mol. The summed E-state index contributed by atoms with van der Waals surface area (Å²) in [7, 11) is 0. The Balaban J connectivity index is 1.81. The third kappa shape index (κ3) is 4.00. The zero-order valence-corrected chi connectivity index (χ0v) is 17.3. The number of hydrogen-bond acceptors (Lipinski definition) is 0. The molecule has 0 N–H and O–H groups in total. The van der Waals surface area contributed by atoms with Crippen molar-refractivity contribution in [2.24, 2.45) is 0 Å². The SMILES string of the molecule is Clc1ccccc1C(Cl)(c1ccccc1)c1ccc(C2=C/C=C\C=C/C=C\2)cc1. The van der Waals surface area contributed by atoms with Crippen LogP contribution in [0.3, 0.4) is 0 Å². The van der Waals surface area contributed by atoms with Crippen LogP contribution in [-0.2, 0) is 4.87 Å². The summed E-state index contributed by atoms with van der Waals surface area (Å²) in [4.78, 5) is -0.869. The summed E-state index contributed by atoms with van der Waals surface area (Å²) in [5.41, 5.74) is 5.13. The van der Waals surface area contributed by atoms with Crippen molar-refractivity contribution in [3.05, 3.63) is 149 Å². The molecular weight excluding hydrogens is 395 g/mol. The van der Waals surface area contributed by atoms with Crippen LogP contribution in [0, 0.1) is 0 Å². The molecule has 2 heteroatoms. The molecule has 1 unspecified atom stereocenters. The first-order valence-corrected chi connectivity index (χ1v) is 10.3. The molecule has 4 rings (SSSR count). The lowest BCUT2D eigenvalue weighted by Crippen LogP contribution is -2.22. The molecule has 0 spiro atoms. The van der Waals surface area contributed by atoms with E-state index in [0.29, 0.717) is 5.02 Å². The average Bonchev–Trinajstić information content (AvgIpc) is 2.74. The van der Waals surface area contributed by atoms with E-state index in [2.05, 4.69) is 36.4 Å². The Morgan fingerprint density at radius 2 is 1.21 bits per heavy atom. The van der Waals surface area contributed by atoms with Crippen molar-refractivity contribution in [2.45, 2.75) is 4.87 Å². The molecule has 1 atom stereocenters. The number of rotatable bonds is 4. The second-order valence-electron chi connectivity index (χ2n) is 6.83. The van der Waals surface area contributed by atoms with E-state index in [4.69, 9.17) is 23.2 Å². The maximum atomic E-state index is 7.37. The van der Waals surface area contributed by atoms with E-state index >= 15 is 0 Å². The quantitative estimate of drug-likeness (QED) is 0.300. The van der Waals surface area contributed by atoms with E-state index in [1.807, 2.05) is 85.0 Å². The second kappa shape index (κ2) is 8.69. The molecule has 0 radical (unpaired) electrons. The molecule has 29 heavy (non-hydrogen) atoms. The summed E-state index contributed by atoms with van der Waals surface area (Å²) < 4.78 is 0. The summed E-state index contributed by atoms with van der Waals surface area (Å²) in [5.74, 6) is 0. The number of alkyl halides is 1. The van der Waals surface area contributed by atoms with Gasteiger partial charge in [-0.1, -0.05) is 127 Å². The Morgan fingerprint density at radius 1 is 0.586 bits per heavy atom. The average molecular weight is 415 g/mol. The molecule has 1 aliphatic carbocycles. The maximum absolute atomic E-state index is 7.37. The van der Waals surface area contributed by atoms with Crippen LogP contribution < -0.4 is 0 Å². The van der Waals surface area contributed by atoms with Crippen LogP contribution in [0.1, 0.15) is 22.3 Å². The largest absolute Gasteiger partial charge is 0.121 e. The van der Waals surface area contributed by atoms with Crippen molar-refractivity contribution in [3.8, 4) is 0 Å². The molecule has 1 aliphatic rings. The van der Waals surface area contributed by atoms with E-state index in [9.17, 15) is 0 Å². The van der Waals surface area contributed by atoms with Gasteiger partial charge in [-0.25, -0.2) is 0 Å². The molecule has 142 valence electrons. The van der Waals surface area contributed by atoms with Gasteiger partial charge in [-0.05, 0) is 28.3 Å². The van der Waals surface area contributed by atoms with Crippen LogP contribution in [0.15, 0.2) is 121 Å². The molecular formula is C27H20Cl2. The topological polar surface area (TPSA) is 0 Å². The first-order valence-electron chi connectivity index (χ1n) is 9.51. The van der Waals surface area contributed by atoms with E-state index in [1.54, 1.807) is 0 Å². The number of hydrogen-bond donors (Lipinski definition) is 0. The molecule has 3 aromatic carbocycles. The van der Waals surface area contributed by atoms with Crippen LogP contribution in [-0.4, -0.2) is 0 Å². The minimum Gasteiger partial charge on any atom is -0.103 e. The fraction of sp³-hybridized carbons (Fsp3) is 0.0370. The monoisotopic (exact) mass is 414 g/mol. The highest BCUT2D eigenvalue weighted by Gasteiger charge is 2.35. The van der Waals surface area contributed by atoms with E-state index in [0.717, 1.165) is 27.8 Å². The standard InChI is InChI=1S/C27H20Cl2/c28-26-16-10-9-15-25(26)27(29,23-13-7-4-8-14-23)24-19-17-22(18-20-24)21-11-5-2-1-3-6-12-21/h1-20H/b2-1-,3-1?,5-2?,6-3-,11-5-,12-6?,21-11?,21-12+. The summed E-state index contributed by atoms with van der Waals surface area (Å²) in [5, 5.41) is 0.651. The molecule has 0 nitrogen and oxygen atoms in total. The maximum Gasteiger partial charge on any atom is 0.121 e. The van der Waals surface area contributed by atoms with Crippen molar-refractivity contribution in [1.29, 1.82) is 0 Å². The minimum atomic E-state index is -0.869. The van der Waals surface area contributed by atoms with E-state index < -0.39 is 4.87 Å². The van der Waals surface area contributed by atoms with Crippen LogP contribution in [0.2, 0.25) is 5.02 Å². The summed E-state index contributed by atoms with van der Waals surface area (Å²) in [6.07, 6.45) is 14.4. The van der Waals surface area contributed by atoms with Gasteiger partial charge in [0, 0.05) is 10.6 Å². The molecule has 0 aromatic heterocycles. The Labute approximate surface area is 182 Å². The fourth-order valence-corrected chi connectivity index (χ4v) is 4.28. The highest BCUT2D eigenvalue weighted by Crippen LogP contribution is 2.45. The van der Waals surface area contributed by atoms with Gasteiger partial charge in [0.15, 0.2) is 0 Å². The first-order chi connectivity index (χ1) is 14.2. The molecule has 0 aliphatic heterocycles. The summed E-state index contributed by atoms with van der Waals surface area (Å²) >= 11 is 14.0. The highest BCUT2D eigenvalue weighted by molar-refractivity contribution is 6.34. The number of halogens is 2. The zero-order valence-electron chi connectivity index (χ0n) is 15.8. The fourth-order valence-electron chi connectivity index (χ4n) is 3.54. The molecule has 0 saturated carbocycles. The van der Waals surface area contributed by atoms with E-state index in [-0.39, 0.29) is 0 Å². The Bertz CT molecular complexity index is 1100. The summed E-state index contributed by atoms with van der Waals surface area (Å²) in [6.45, 7) is 0.